The highest BCUT2D eigenvalue weighted by molar-refractivity contribution is 5.80. The van der Waals surface area contributed by atoms with Gasteiger partial charge in [-0.15, -0.1) is 0 Å². The van der Waals surface area contributed by atoms with Crippen LogP contribution in [0.5, 0.6) is 0 Å². The van der Waals surface area contributed by atoms with Gasteiger partial charge in [0.1, 0.15) is 0 Å². The second-order valence-electron chi connectivity index (χ2n) is 5.73. The number of hydrogen-bond donors (Lipinski definition) is 2. The first kappa shape index (κ1) is 17.8. The van der Waals surface area contributed by atoms with Gasteiger partial charge in [0.25, 0.3) is 0 Å². The highest BCUT2D eigenvalue weighted by atomic mass is 16.2. The SMILES string of the molecule is CCNC(=NCC(CC)CC)NC1CCN(C(=O)CC)C1. The third-order valence-electron chi connectivity index (χ3n) is 4.19. The van der Waals surface area contributed by atoms with Crippen molar-refractivity contribution in [1.82, 2.24) is 15.5 Å². The molecule has 5 nitrogen and oxygen atoms in total. The molecule has 1 rings (SSSR count). The summed E-state index contributed by atoms with van der Waals surface area (Å²) in [5, 5.41) is 6.78. The highest BCUT2D eigenvalue weighted by Crippen LogP contribution is 2.11. The van der Waals surface area contributed by atoms with Gasteiger partial charge in [0.15, 0.2) is 5.96 Å². The fourth-order valence-electron chi connectivity index (χ4n) is 2.61. The summed E-state index contributed by atoms with van der Waals surface area (Å²) >= 11 is 0. The molecule has 1 saturated heterocycles. The van der Waals surface area contributed by atoms with Crippen molar-refractivity contribution in [3.63, 3.8) is 0 Å². The molecule has 1 aliphatic heterocycles. The minimum absolute atomic E-state index is 0.248. The predicted molar refractivity (Wildman–Crippen MR) is 88.5 cm³/mol. The first-order valence-corrected chi connectivity index (χ1v) is 8.47. The van der Waals surface area contributed by atoms with Crippen LogP contribution >= 0.6 is 0 Å². The molecule has 1 fully saturated rings. The molecule has 0 aromatic rings. The second-order valence-corrected chi connectivity index (χ2v) is 5.73. The summed E-state index contributed by atoms with van der Waals surface area (Å²) in [4.78, 5) is 18.4. The third-order valence-corrected chi connectivity index (χ3v) is 4.19. The van der Waals surface area contributed by atoms with Gasteiger partial charge in [-0.05, 0) is 19.3 Å². The van der Waals surface area contributed by atoms with Gasteiger partial charge >= 0.3 is 0 Å². The molecule has 0 aromatic carbocycles. The molecule has 1 atom stereocenters. The van der Waals surface area contributed by atoms with Crippen LogP contribution < -0.4 is 10.6 Å². The Morgan fingerprint density at radius 3 is 2.57 bits per heavy atom. The van der Waals surface area contributed by atoms with E-state index in [0.29, 0.717) is 18.4 Å². The Morgan fingerprint density at radius 1 is 1.29 bits per heavy atom. The largest absolute Gasteiger partial charge is 0.357 e. The van der Waals surface area contributed by atoms with Crippen molar-refractivity contribution < 1.29 is 4.79 Å². The lowest BCUT2D eigenvalue weighted by molar-refractivity contribution is -0.129. The first-order chi connectivity index (χ1) is 10.1. The minimum atomic E-state index is 0.248. The molecule has 1 unspecified atom stereocenters. The van der Waals surface area contributed by atoms with Crippen molar-refractivity contribution in [3.8, 4) is 0 Å². The van der Waals surface area contributed by atoms with Gasteiger partial charge in [-0.3, -0.25) is 9.79 Å². The number of carbonyl (C=O) groups excluding carboxylic acids is 1. The van der Waals surface area contributed by atoms with Crippen LogP contribution in [-0.4, -0.2) is 49.0 Å². The van der Waals surface area contributed by atoms with E-state index in [0.717, 1.165) is 38.6 Å². The fourth-order valence-corrected chi connectivity index (χ4v) is 2.61. The van der Waals surface area contributed by atoms with Gasteiger partial charge in [-0.25, -0.2) is 0 Å². The van der Waals surface area contributed by atoms with E-state index in [1.165, 1.54) is 12.8 Å². The zero-order chi connectivity index (χ0) is 15.7. The Kier molecular flexibility index (Phi) is 8.16. The Bertz CT molecular complexity index is 339. The van der Waals surface area contributed by atoms with E-state index in [4.69, 9.17) is 4.99 Å². The molecule has 1 amide bonds. The topological polar surface area (TPSA) is 56.7 Å². The quantitative estimate of drug-likeness (QED) is 0.558. The number of nitrogens with zero attached hydrogens (tertiary/aromatic N) is 2. The van der Waals surface area contributed by atoms with Gasteiger partial charge in [0.05, 0.1) is 0 Å². The molecule has 5 heteroatoms. The van der Waals surface area contributed by atoms with Gasteiger partial charge in [-0.2, -0.15) is 0 Å². The minimum Gasteiger partial charge on any atom is -0.357 e. The fraction of sp³-hybridized carbons (Fsp3) is 0.875. The summed E-state index contributed by atoms with van der Waals surface area (Å²) < 4.78 is 0. The van der Waals surface area contributed by atoms with E-state index in [9.17, 15) is 4.79 Å². The lowest BCUT2D eigenvalue weighted by Crippen LogP contribution is -2.45. The maximum Gasteiger partial charge on any atom is 0.222 e. The predicted octanol–water partition coefficient (Wildman–Crippen LogP) is 1.99. The lowest BCUT2D eigenvalue weighted by atomic mass is 10.0. The maximum atomic E-state index is 11.7. The van der Waals surface area contributed by atoms with Crippen molar-refractivity contribution in [2.45, 2.75) is 59.4 Å². The van der Waals surface area contributed by atoms with Crippen molar-refractivity contribution in [1.29, 1.82) is 0 Å². The first-order valence-electron chi connectivity index (χ1n) is 8.47. The Morgan fingerprint density at radius 2 is 2.00 bits per heavy atom. The van der Waals surface area contributed by atoms with Crippen LogP contribution in [0.4, 0.5) is 0 Å². The number of guanidine groups is 1. The molecule has 0 aliphatic carbocycles. The van der Waals surface area contributed by atoms with Gasteiger partial charge in [0.2, 0.25) is 5.91 Å². The summed E-state index contributed by atoms with van der Waals surface area (Å²) in [6.07, 6.45) is 3.93. The molecule has 0 saturated carbocycles. The summed E-state index contributed by atoms with van der Waals surface area (Å²) in [7, 11) is 0. The number of nitrogens with one attached hydrogen (secondary N) is 2. The standard InChI is InChI=1S/C16H32N4O/c1-5-13(6-2)11-18-16(17-8-4)19-14-9-10-20(12-14)15(21)7-3/h13-14H,5-12H2,1-4H3,(H2,17,18,19). The molecule has 0 aromatic heterocycles. The highest BCUT2D eigenvalue weighted by Gasteiger charge is 2.25. The van der Waals surface area contributed by atoms with Gasteiger partial charge in [-0.1, -0.05) is 33.6 Å². The smallest absolute Gasteiger partial charge is 0.222 e. The Hall–Kier alpha value is -1.26. The summed E-state index contributed by atoms with van der Waals surface area (Å²) in [5.74, 6) is 1.79. The Balaban J connectivity index is 2.51. The Labute approximate surface area is 129 Å². The zero-order valence-electron chi connectivity index (χ0n) is 14.1. The van der Waals surface area contributed by atoms with Crippen LogP contribution in [0.25, 0.3) is 0 Å². The third kappa shape index (κ3) is 5.94. The van der Waals surface area contributed by atoms with Gasteiger partial charge in [0, 0.05) is 38.6 Å². The van der Waals surface area contributed by atoms with Crippen molar-refractivity contribution in [2.24, 2.45) is 10.9 Å². The van der Waals surface area contributed by atoms with Crippen molar-refractivity contribution in [2.75, 3.05) is 26.2 Å². The van der Waals surface area contributed by atoms with E-state index in [1.54, 1.807) is 0 Å². The number of aliphatic imine (C=N–C) groups is 1. The number of amides is 1. The monoisotopic (exact) mass is 296 g/mol. The van der Waals surface area contributed by atoms with Crippen LogP contribution in [0, 0.1) is 5.92 Å². The van der Waals surface area contributed by atoms with Crippen LogP contribution in [0.15, 0.2) is 4.99 Å². The molecule has 0 spiro atoms. The maximum absolute atomic E-state index is 11.7. The molecule has 0 radical (unpaired) electrons. The van der Waals surface area contributed by atoms with E-state index in [1.807, 2.05) is 11.8 Å². The zero-order valence-corrected chi connectivity index (χ0v) is 14.1. The van der Waals surface area contributed by atoms with E-state index in [-0.39, 0.29) is 5.91 Å². The van der Waals surface area contributed by atoms with Crippen LogP contribution in [-0.2, 0) is 4.79 Å². The van der Waals surface area contributed by atoms with Gasteiger partial charge < -0.3 is 15.5 Å². The number of hydrogen-bond acceptors (Lipinski definition) is 2. The molecule has 1 heterocycles. The molecule has 2 N–H and O–H groups in total. The second kappa shape index (κ2) is 9.64. The lowest BCUT2D eigenvalue weighted by Gasteiger charge is -2.19. The molecular weight excluding hydrogens is 264 g/mol. The van der Waals surface area contributed by atoms with Crippen LogP contribution in [0.3, 0.4) is 0 Å². The molecule has 0 bridgehead atoms. The number of carbonyl (C=O) groups is 1. The van der Waals surface area contributed by atoms with Crippen LogP contribution in [0.2, 0.25) is 0 Å². The number of likely N-dealkylation sites (tertiary alicyclic amines) is 1. The molecule has 1 aliphatic rings. The van der Waals surface area contributed by atoms with E-state index in [2.05, 4.69) is 31.4 Å². The van der Waals surface area contributed by atoms with Crippen LogP contribution in [0.1, 0.15) is 53.4 Å². The molecular formula is C16H32N4O. The van der Waals surface area contributed by atoms with E-state index < -0.39 is 0 Å². The van der Waals surface area contributed by atoms with Crippen molar-refractivity contribution in [3.05, 3.63) is 0 Å². The number of rotatable bonds is 7. The van der Waals surface area contributed by atoms with E-state index >= 15 is 0 Å². The molecule has 122 valence electrons. The average Bonchev–Trinajstić information content (AvgIpc) is 2.96. The summed E-state index contributed by atoms with van der Waals surface area (Å²) in [6, 6.07) is 0.319. The van der Waals surface area contributed by atoms with Crippen molar-refractivity contribution >= 4 is 11.9 Å². The normalized spacial score (nSPS) is 19.2. The molecule has 21 heavy (non-hydrogen) atoms. The average molecular weight is 296 g/mol. The summed E-state index contributed by atoms with van der Waals surface area (Å²) in [6.45, 7) is 11.8. The summed E-state index contributed by atoms with van der Waals surface area (Å²) in [5.41, 5.74) is 0.